The summed E-state index contributed by atoms with van der Waals surface area (Å²) in [5.41, 5.74) is -0.0708. The third-order valence-electron chi connectivity index (χ3n) is 3.24. The van der Waals surface area contributed by atoms with Crippen LogP contribution >= 0.6 is 15.9 Å². The fourth-order valence-electron chi connectivity index (χ4n) is 2.01. The lowest BCUT2D eigenvalue weighted by Gasteiger charge is -2.21. The van der Waals surface area contributed by atoms with E-state index in [1.165, 1.54) is 29.6 Å². The molecule has 0 spiro atoms. The summed E-state index contributed by atoms with van der Waals surface area (Å²) in [5.74, 6) is -1.17. The first kappa shape index (κ1) is 16.4. The van der Waals surface area contributed by atoms with E-state index in [0.29, 0.717) is 11.1 Å². The molecule has 6 nitrogen and oxygen atoms in total. The second-order valence-corrected chi connectivity index (χ2v) is 7.53. The number of ether oxygens (including phenoxy) is 1. The molecule has 21 heavy (non-hydrogen) atoms. The average molecular weight is 378 g/mol. The summed E-state index contributed by atoms with van der Waals surface area (Å²) in [4.78, 5) is 11.1. The lowest BCUT2D eigenvalue weighted by atomic mass is 10.2. The minimum atomic E-state index is -3.71. The van der Waals surface area contributed by atoms with Crippen LogP contribution in [-0.4, -0.2) is 50.1 Å². The normalized spacial score (nSPS) is 15.4. The molecule has 0 saturated heterocycles. The molecule has 0 radical (unpaired) electrons. The van der Waals surface area contributed by atoms with Gasteiger partial charge in [-0.05, 0) is 47.0 Å². The Labute approximate surface area is 131 Å². The highest BCUT2D eigenvalue weighted by Gasteiger charge is 2.38. The molecule has 0 aromatic heterocycles. The number of sulfonamides is 1. The lowest BCUT2D eigenvalue weighted by Crippen LogP contribution is -2.35. The van der Waals surface area contributed by atoms with Crippen molar-refractivity contribution in [2.24, 2.45) is 0 Å². The van der Waals surface area contributed by atoms with Gasteiger partial charge in [0.15, 0.2) is 0 Å². The molecule has 1 aliphatic carbocycles. The Bertz CT molecular complexity index is 642. The second-order valence-electron chi connectivity index (χ2n) is 4.79. The van der Waals surface area contributed by atoms with Crippen molar-refractivity contribution in [1.82, 2.24) is 4.31 Å². The predicted molar refractivity (Wildman–Crippen MR) is 79.9 cm³/mol. The summed E-state index contributed by atoms with van der Waals surface area (Å²) in [7, 11) is -2.20. The van der Waals surface area contributed by atoms with Gasteiger partial charge >= 0.3 is 5.97 Å². The van der Waals surface area contributed by atoms with Crippen LogP contribution < -0.4 is 0 Å². The number of halogens is 1. The van der Waals surface area contributed by atoms with E-state index in [0.717, 1.165) is 12.8 Å². The van der Waals surface area contributed by atoms with Gasteiger partial charge in [-0.3, -0.25) is 0 Å². The van der Waals surface area contributed by atoms with Crippen molar-refractivity contribution >= 4 is 31.9 Å². The van der Waals surface area contributed by atoms with Gasteiger partial charge in [0.25, 0.3) is 0 Å². The van der Waals surface area contributed by atoms with E-state index < -0.39 is 16.0 Å². The Hall–Kier alpha value is -0.960. The first-order chi connectivity index (χ1) is 9.87. The van der Waals surface area contributed by atoms with Crippen LogP contribution in [0.3, 0.4) is 0 Å². The van der Waals surface area contributed by atoms with E-state index >= 15 is 0 Å². The minimum absolute atomic E-state index is 0.00824. The zero-order valence-corrected chi connectivity index (χ0v) is 13.9. The van der Waals surface area contributed by atoms with Crippen molar-refractivity contribution in [2.45, 2.75) is 23.8 Å². The van der Waals surface area contributed by atoms with Crippen molar-refractivity contribution in [3.05, 3.63) is 28.2 Å². The van der Waals surface area contributed by atoms with Crippen LogP contribution in [0.2, 0.25) is 0 Å². The number of carboxylic acids is 1. The van der Waals surface area contributed by atoms with Gasteiger partial charge in [-0.15, -0.1) is 0 Å². The van der Waals surface area contributed by atoms with Crippen LogP contribution in [0.25, 0.3) is 0 Å². The molecule has 116 valence electrons. The van der Waals surface area contributed by atoms with E-state index in [-0.39, 0.29) is 23.0 Å². The largest absolute Gasteiger partial charge is 0.478 e. The van der Waals surface area contributed by atoms with Gasteiger partial charge in [0.1, 0.15) is 0 Å². The third kappa shape index (κ3) is 3.63. The minimum Gasteiger partial charge on any atom is -0.478 e. The van der Waals surface area contributed by atoms with Gasteiger partial charge < -0.3 is 9.84 Å². The van der Waals surface area contributed by atoms with Gasteiger partial charge in [-0.1, -0.05) is 0 Å². The molecule has 0 amide bonds. The number of hydrogen-bond donors (Lipinski definition) is 1. The fourth-order valence-corrected chi connectivity index (χ4v) is 4.12. The molecule has 1 N–H and O–H groups in total. The Morgan fingerprint density at radius 1 is 1.48 bits per heavy atom. The van der Waals surface area contributed by atoms with Gasteiger partial charge in [0.2, 0.25) is 10.0 Å². The van der Waals surface area contributed by atoms with Crippen LogP contribution in [0.1, 0.15) is 23.2 Å². The van der Waals surface area contributed by atoms with Crippen molar-refractivity contribution < 1.29 is 23.1 Å². The Kier molecular flexibility index (Phi) is 5.03. The highest BCUT2D eigenvalue weighted by atomic mass is 79.9. The maximum atomic E-state index is 12.7. The zero-order valence-electron chi connectivity index (χ0n) is 11.5. The van der Waals surface area contributed by atoms with Crippen molar-refractivity contribution in [1.29, 1.82) is 0 Å². The molecule has 2 rings (SSSR count). The number of hydrogen-bond acceptors (Lipinski definition) is 4. The van der Waals surface area contributed by atoms with E-state index in [1.807, 2.05) is 0 Å². The van der Waals surface area contributed by atoms with Crippen LogP contribution in [0.5, 0.6) is 0 Å². The van der Waals surface area contributed by atoms with Crippen molar-refractivity contribution in [3.63, 3.8) is 0 Å². The standard InChI is InChI=1S/C13H16BrNO5S/c1-20-7-6-15(9-2-3-9)21(18,19)10-4-5-12(14)11(8-10)13(16)17/h4-5,8-9H,2-3,6-7H2,1H3,(H,16,17). The smallest absolute Gasteiger partial charge is 0.336 e. The predicted octanol–water partition coefficient (Wildman–Crippen LogP) is 1.95. The fraction of sp³-hybridized carbons (Fsp3) is 0.462. The van der Waals surface area contributed by atoms with Crippen LogP contribution in [0.15, 0.2) is 27.6 Å². The monoisotopic (exact) mass is 377 g/mol. The molecule has 0 unspecified atom stereocenters. The number of carboxylic acid groups (broad SMARTS) is 1. The summed E-state index contributed by atoms with van der Waals surface area (Å²) in [5, 5.41) is 9.10. The summed E-state index contributed by atoms with van der Waals surface area (Å²) >= 11 is 3.11. The first-order valence-corrected chi connectivity index (χ1v) is 8.65. The maximum absolute atomic E-state index is 12.7. The molecule has 0 aliphatic heterocycles. The molecule has 1 fully saturated rings. The number of benzene rings is 1. The van der Waals surface area contributed by atoms with Gasteiger partial charge in [0, 0.05) is 24.2 Å². The van der Waals surface area contributed by atoms with E-state index in [4.69, 9.17) is 9.84 Å². The molecule has 0 atom stereocenters. The average Bonchev–Trinajstić information content (AvgIpc) is 3.23. The molecule has 0 bridgehead atoms. The number of nitrogens with zero attached hydrogens (tertiary/aromatic N) is 1. The molecular formula is C13H16BrNO5S. The lowest BCUT2D eigenvalue weighted by molar-refractivity contribution is 0.0695. The summed E-state index contributed by atoms with van der Waals surface area (Å²) in [6.45, 7) is 0.569. The van der Waals surface area contributed by atoms with Crippen LogP contribution in [0, 0.1) is 0 Å². The topological polar surface area (TPSA) is 83.9 Å². The van der Waals surface area contributed by atoms with Gasteiger partial charge in [0.05, 0.1) is 17.1 Å². The first-order valence-electron chi connectivity index (χ1n) is 6.41. The highest BCUT2D eigenvalue weighted by molar-refractivity contribution is 9.10. The number of aromatic carboxylic acids is 1. The number of carbonyl (C=O) groups is 1. The van der Waals surface area contributed by atoms with Gasteiger partial charge in [-0.2, -0.15) is 4.31 Å². The second kappa shape index (κ2) is 6.43. The molecule has 1 aromatic carbocycles. The molecule has 1 saturated carbocycles. The van der Waals surface area contributed by atoms with E-state index in [9.17, 15) is 13.2 Å². The van der Waals surface area contributed by atoms with Crippen LogP contribution in [0.4, 0.5) is 0 Å². The molecule has 0 heterocycles. The SMILES string of the molecule is COCCN(C1CC1)S(=O)(=O)c1ccc(Br)c(C(=O)O)c1. The van der Waals surface area contributed by atoms with E-state index in [1.54, 1.807) is 0 Å². The summed E-state index contributed by atoms with van der Waals surface area (Å²) in [6, 6.07) is 4.03. The summed E-state index contributed by atoms with van der Waals surface area (Å²) in [6.07, 6.45) is 1.65. The highest BCUT2D eigenvalue weighted by Crippen LogP contribution is 2.32. The zero-order chi connectivity index (χ0) is 15.6. The molecule has 1 aromatic rings. The summed E-state index contributed by atoms with van der Waals surface area (Å²) < 4.78 is 32.0. The number of rotatable bonds is 7. The quantitative estimate of drug-likeness (QED) is 0.784. The van der Waals surface area contributed by atoms with Crippen molar-refractivity contribution in [3.8, 4) is 0 Å². The Morgan fingerprint density at radius 2 is 2.14 bits per heavy atom. The molecule has 8 heteroatoms. The maximum Gasteiger partial charge on any atom is 0.336 e. The Morgan fingerprint density at radius 3 is 2.67 bits per heavy atom. The van der Waals surface area contributed by atoms with E-state index in [2.05, 4.69) is 15.9 Å². The van der Waals surface area contributed by atoms with Crippen LogP contribution in [-0.2, 0) is 14.8 Å². The number of methoxy groups -OCH3 is 1. The van der Waals surface area contributed by atoms with Gasteiger partial charge in [-0.25, -0.2) is 13.2 Å². The molecule has 1 aliphatic rings. The Balaban J connectivity index is 2.37. The van der Waals surface area contributed by atoms with Crippen molar-refractivity contribution in [2.75, 3.05) is 20.3 Å². The molecular weight excluding hydrogens is 362 g/mol. The third-order valence-corrected chi connectivity index (χ3v) is 5.88.